The summed E-state index contributed by atoms with van der Waals surface area (Å²) in [4.78, 5) is 6.84. The molecule has 2 saturated carbocycles. The fourth-order valence-corrected chi connectivity index (χ4v) is 2.86. The molecule has 2 N–H and O–H groups in total. The molecule has 0 bridgehead atoms. The van der Waals surface area contributed by atoms with Crippen molar-refractivity contribution >= 4 is 29.9 Å². The van der Waals surface area contributed by atoms with Crippen LogP contribution in [0.2, 0.25) is 0 Å². The van der Waals surface area contributed by atoms with E-state index in [0.717, 1.165) is 18.5 Å². The van der Waals surface area contributed by atoms with Crippen molar-refractivity contribution < 1.29 is 0 Å². The first kappa shape index (κ1) is 18.0. The van der Waals surface area contributed by atoms with Crippen LogP contribution in [0.3, 0.4) is 0 Å². The summed E-state index contributed by atoms with van der Waals surface area (Å²) >= 11 is 0. The van der Waals surface area contributed by atoms with Crippen molar-refractivity contribution in [2.45, 2.75) is 70.0 Å². The molecule has 0 aromatic heterocycles. The monoisotopic (exact) mass is 394 g/mol. The van der Waals surface area contributed by atoms with Gasteiger partial charge in [0.1, 0.15) is 0 Å². The molecule has 118 valence electrons. The predicted octanol–water partition coefficient (Wildman–Crippen LogP) is 2.58. The summed E-state index contributed by atoms with van der Waals surface area (Å²) < 4.78 is 0. The van der Waals surface area contributed by atoms with Gasteiger partial charge < -0.3 is 10.6 Å². The molecule has 2 aliphatic rings. The number of halogens is 1. The predicted molar refractivity (Wildman–Crippen MR) is 97.0 cm³/mol. The molecule has 20 heavy (non-hydrogen) atoms. The van der Waals surface area contributed by atoms with Gasteiger partial charge in [0.2, 0.25) is 0 Å². The van der Waals surface area contributed by atoms with Crippen molar-refractivity contribution in [3.05, 3.63) is 0 Å². The molecule has 1 atom stereocenters. The van der Waals surface area contributed by atoms with E-state index in [1.807, 2.05) is 7.05 Å². The maximum Gasteiger partial charge on any atom is 0.191 e. The van der Waals surface area contributed by atoms with E-state index in [2.05, 4.69) is 34.5 Å². The van der Waals surface area contributed by atoms with Crippen molar-refractivity contribution in [1.29, 1.82) is 0 Å². The number of rotatable bonds is 5. The van der Waals surface area contributed by atoms with Crippen molar-refractivity contribution in [1.82, 2.24) is 15.5 Å². The Balaban J connectivity index is 0.00000200. The molecule has 2 rings (SSSR count). The van der Waals surface area contributed by atoms with Crippen molar-refractivity contribution in [2.75, 3.05) is 20.6 Å². The Morgan fingerprint density at radius 1 is 1.20 bits per heavy atom. The molecule has 0 aliphatic heterocycles. The summed E-state index contributed by atoms with van der Waals surface area (Å²) in [5, 5.41) is 7.04. The van der Waals surface area contributed by atoms with Crippen molar-refractivity contribution in [2.24, 2.45) is 4.99 Å². The van der Waals surface area contributed by atoms with E-state index in [0.29, 0.717) is 12.1 Å². The summed E-state index contributed by atoms with van der Waals surface area (Å²) in [5.41, 5.74) is 0. The first-order valence-corrected chi connectivity index (χ1v) is 7.90. The molecule has 0 amide bonds. The Kier molecular flexibility index (Phi) is 8.17. The lowest BCUT2D eigenvalue weighted by molar-refractivity contribution is 0.247. The first-order chi connectivity index (χ1) is 9.20. The second kappa shape index (κ2) is 9.07. The topological polar surface area (TPSA) is 39.7 Å². The number of hydrogen-bond donors (Lipinski definition) is 2. The summed E-state index contributed by atoms with van der Waals surface area (Å²) in [6.07, 6.45) is 9.43. The summed E-state index contributed by atoms with van der Waals surface area (Å²) in [7, 11) is 4.11. The zero-order chi connectivity index (χ0) is 13.7. The van der Waals surface area contributed by atoms with Gasteiger partial charge in [-0.3, -0.25) is 9.89 Å². The van der Waals surface area contributed by atoms with Crippen molar-refractivity contribution in [3.8, 4) is 0 Å². The molecule has 0 spiro atoms. The van der Waals surface area contributed by atoms with Gasteiger partial charge in [0, 0.05) is 31.7 Å². The zero-order valence-corrected chi connectivity index (χ0v) is 15.5. The second-order valence-electron chi connectivity index (χ2n) is 6.18. The van der Waals surface area contributed by atoms with Gasteiger partial charge in [-0.25, -0.2) is 0 Å². The second-order valence-corrected chi connectivity index (χ2v) is 6.18. The molecule has 0 saturated heterocycles. The van der Waals surface area contributed by atoms with E-state index < -0.39 is 0 Å². The van der Waals surface area contributed by atoms with E-state index >= 15 is 0 Å². The molecule has 5 heteroatoms. The normalized spacial score (nSPS) is 22.3. The van der Waals surface area contributed by atoms with Crippen molar-refractivity contribution in [3.63, 3.8) is 0 Å². The molecule has 0 radical (unpaired) electrons. The molecule has 2 fully saturated rings. The molecular weight excluding hydrogens is 363 g/mol. The highest BCUT2D eigenvalue weighted by atomic mass is 127. The molecule has 1 unspecified atom stereocenters. The van der Waals surface area contributed by atoms with Gasteiger partial charge in [-0.1, -0.05) is 19.3 Å². The van der Waals surface area contributed by atoms with E-state index in [9.17, 15) is 0 Å². The Bertz CT molecular complexity index is 298. The van der Waals surface area contributed by atoms with Gasteiger partial charge >= 0.3 is 0 Å². The van der Waals surface area contributed by atoms with Crippen LogP contribution in [-0.2, 0) is 0 Å². The fraction of sp³-hybridized carbons (Fsp3) is 0.933. The van der Waals surface area contributed by atoms with Gasteiger partial charge in [-0.15, -0.1) is 24.0 Å². The molecule has 0 heterocycles. The fourth-order valence-electron chi connectivity index (χ4n) is 2.86. The summed E-state index contributed by atoms with van der Waals surface area (Å²) in [6.45, 7) is 3.26. The Hall–Kier alpha value is -0.0400. The Morgan fingerprint density at radius 3 is 2.40 bits per heavy atom. The van der Waals surface area contributed by atoms with E-state index in [1.54, 1.807) is 0 Å². The van der Waals surface area contributed by atoms with E-state index in [4.69, 9.17) is 0 Å². The molecule has 0 aromatic carbocycles. The summed E-state index contributed by atoms with van der Waals surface area (Å²) in [5.74, 6) is 0.975. The minimum atomic E-state index is 0. The molecule has 4 nitrogen and oxygen atoms in total. The minimum Gasteiger partial charge on any atom is -0.355 e. The number of likely N-dealkylation sites (N-methyl/N-ethyl adjacent to an activating group) is 1. The SMILES string of the molecule is CN=C(NCC(C)N(C)C1CC1)NC1CCCCC1.I. The smallest absolute Gasteiger partial charge is 0.191 e. The third-order valence-electron chi connectivity index (χ3n) is 4.55. The number of nitrogens with zero attached hydrogens (tertiary/aromatic N) is 2. The highest BCUT2D eigenvalue weighted by Crippen LogP contribution is 2.26. The maximum atomic E-state index is 4.35. The van der Waals surface area contributed by atoms with E-state index in [1.165, 1.54) is 44.9 Å². The number of nitrogens with one attached hydrogen (secondary N) is 2. The Labute approximate surface area is 141 Å². The zero-order valence-electron chi connectivity index (χ0n) is 13.2. The van der Waals surface area contributed by atoms with Crippen LogP contribution in [0.15, 0.2) is 4.99 Å². The Morgan fingerprint density at radius 2 is 1.85 bits per heavy atom. The molecule has 2 aliphatic carbocycles. The van der Waals surface area contributed by atoms with Gasteiger partial charge in [0.15, 0.2) is 5.96 Å². The van der Waals surface area contributed by atoms with E-state index in [-0.39, 0.29) is 24.0 Å². The maximum absolute atomic E-state index is 4.35. The minimum absolute atomic E-state index is 0. The highest BCUT2D eigenvalue weighted by molar-refractivity contribution is 14.0. The molecular formula is C15H31IN4. The third-order valence-corrected chi connectivity index (χ3v) is 4.55. The van der Waals surface area contributed by atoms with Crippen LogP contribution >= 0.6 is 24.0 Å². The average Bonchev–Trinajstić information content (AvgIpc) is 3.27. The van der Waals surface area contributed by atoms with Gasteiger partial charge in [-0.2, -0.15) is 0 Å². The summed E-state index contributed by atoms with van der Waals surface area (Å²) in [6, 6.07) is 2.01. The van der Waals surface area contributed by atoms with Crippen LogP contribution in [0.25, 0.3) is 0 Å². The van der Waals surface area contributed by atoms with Gasteiger partial charge in [0.25, 0.3) is 0 Å². The lowest BCUT2D eigenvalue weighted by Gasteiger charge is -2.28. The van der Waals surface area contributed by atoms with Crippen LogP contribution < -0.4 is 10.6 Å². The number of guanidine groups is 1. The standard InChI is InChI=1S/C15H30N4.HI/c1-12(19(3)14-9-10-14)11-17-15(16-2)18-13-7-5-4-6-8-13;/h12-14H,4-11H2,1-3H3,(H2,16,17,18);1H. The van der Waals surface area contributed by atoms with Crippen LogP contribution in [0, 0.1) is 0 Å². The number of hydrogen-bond acceptors (Lipinski definition) is 2. The van der Waals surface area contributed by atoms with Gasteiger partial charge in [-0.05, 0) is 39.7 Å². The lowest BCUT2D eigenvalue weighted by atomic mass is 9.96. The quantitative estimate of drug-likeness (QED) is 0.428. The highest BCUT2D eigenvalue weighted by Gasteiger charge is 2.29. The first-order valence-electron chi connectivity index (χ1n) is 7.90. The third kappa shape index (κ3) is 5.76. The number of aliphatic imine (C=N–C) groups is 1. The van der Waals surface area contributed by atoms with Gasteiger partial charge in [0.05, 0.1) is 0 Å². The average molecular weight is 394 g/mol. The van der Waals surface area contributed by atoms with Crippen LogP contribution in [0.5, 0.6) is 0 Å². The van der Waals surface area contributed by atoms with Crippen LogP contribution in [0.1, 0.15) is 51.9 Å². The van der Waals surface area contributed by atoms with Crippen LogP contribution in [-0.4, -0.2) is 49.6 Å². The largest absolute Gasteiger partial charge is 0.355 e. The lowest BCUT2D eigenvalue weighted by Crippen LogP contribution is -2.48. The molecule has 0 aromatic rings. The van der Waals surface area contributed by atoms with Crippen LogP contribution in [0.4, 0.5) is 0 Å².